The summed E-state index contributed by atoms with van der Waals surface area (Å²) in [4.78, 5) is 29.3. The Balaban J connectivity index is 1.53. The maximum absolute atomic E-state index is 14.4. The predicted octanol–water partition coefficient (Wildman–Crippen LogP) is 3.26. The van der Waals surface area contributed by atoms with Crippen LogP contribution in [0, 0.1) is 12.7 Å². The number of aryl methyl sites for hydroxylation is 1. The lowest BCUT2D eigenvalue weighted by molar-refractivity contribution is 0.0986. The van der Waals surface area contributed by atoms with Crippen molar-refractivity contribution in [1.82, 2.24) is 29.9 Å². The third-order valence-corrected chi connectivity index (χ3v) is 4.54. The molecule has 1 aromatic carbocycles. The van der Waals surface area contributed by atoms with Crippen molar-refractivity contribution in [2.24, 2.45) is 0 Å². The van der Waals surface area contributed by atoms with Crippen molar-refractivity contribution >= 4 is 23.3 Å². The number of nitrogens with zero attached hydrogens (tertiary/aromatic N) is 6. The van der Waals surface area contributed by atoms with Gasteiger partial charge in [0, 0.05) is 18.7 Å². The third kappa shape index (κ3) is 4.74. The van der Waals surface area contributed by atoms with Crippen LogP contribution >= 0.6 is 0 Å². The maximum atomic E-state index is 14.4. The van der Waals surface area contributed by atoms with E-state index in [9.17, 15) is 14.0 Å². The van der Waals surface area contributed by atoms with Crippen molar-refractivity contribution in [3.05, 3.63) is 65.9 Å². The standard InChI is InChI=1S/C21H19FN8O3/c1-11(2)30-10-23-28-18(30)16-5-4-6-17(25-16)26-19(31)14-9-13(7-8-15(14)22)24-20(32)21-29-27-12(3)33-21/h4-11H,1-3H3,(H,24,32)(H,25,26,31). The lowest BCUT2D eigenvalue weighted by Gasteiger charge is -2.11. The average Bonchev–Trinajstić information content (AvgIpc) is 3.44. The molecule has 2 amide bonds. The molecule has 4 aromatic rings. The van der Waals surface area contributed by atoms with Crippen molar-refractivity contribution < 1.29 is 18.4 Å². The summed E-state index contributed by atoms with van der Waals surface area (Å²) >= 11 is 0. The van der Waals surface area contributed by atoms with Crippen LogP contribution in [0.4, 0.5) is 15.9 Å². The summed E-state index contributed by atoms with van der Waals surface area (Å²) in [5, 5.41) is 20.2. The predicted molar refractivity (Wildman–Crippen MR) is 115 cm³/mol. The lowest BCUT2D eigenvalue weighted by Crippen LogP contribution is -2.17. The highest BCUT2D eigenvalue weighted by molar-refractivity contribution is 6.06. The van der Waals surface area contributed by atoms with Crippen LogP contribution in [-0.4, -0.2) is 41.8 Å². The van der Waals surface area contributed by atoms with E-state index in [0.29, 0.717) is 11.5 Å². The molecule has 33 heavy (non-hydrogen) atoms. The molecule has 12 heteroatoms. The fourth-order valence-corrected chi connectivity index (χ4v) is 2.97. The number of amides is 2. The van der Waals surface area contributed by atoms with Crippen LogP contribution in [0.3, 0.4) is 0 Å². The number of benzene rings is 1. The average molecular weight is 450 g/mol. The van der Waals surface area contributed by atoms with Gasteiger partial charge in [-0.05, 0) is 44.2 Å². The number of pyridine rings is 1. The molecule has 0 aliphatic carbocycles. The fraction of sp³-hybridized carbons (Fsp3) is 0.190. The van der Waals surface area contributed by atoms with Crippen molar-refractivity contribution in [1.29, 1.82) is 0 Å². The number of aromatic nitrogens is 6. The molecule has 0 saturated carbocycles. The minimum Gasteiger partial charge on any atom is -0.417 e. The Morgan fingerprint density at radius 2 is 1.88 bits per heavy atom. The van der Waals surface area contributed by atoms with Crippen LogP contribution in [-0.2, 0) is 0 Å². The SMILES string of the molecule is Cc1nnc(C(=O)Nc2ccc(F)c(C(=O)Nc3cccc(-c4nncn4C(C)C)n3)c2)o1. The number of anilines is 2. The van der Waals surface area contributed by atoms with Gasteiger partial charge in [-0.3, -0.25) is 9.59 Å². The Bertz CT molecular complexity index is 1330. The number of hydrogen-bond donors (Lipinski definition) is 2. The molecule has 168 valence electrons. The number of carbonyl (C=O) groups is 2. The van der Waals surface area contributed by atoms with Crippen LogP contribution in [0.5, 0.6) is 0 Å². The van der Waals surface area contributed by atoms with E-state index in [-0.39, 0.29) is 34.9 Å². The molecule has 0 aliphatic rings. The zero-order chi connectivity index (χ0) is 23.5. The van der Waals surface area contributed by atoms with Crippen molar-refractivity contribution in [3.8, 4) is 11.5 Å². The fourth-order valence-electron chi connectivity index (χ4n) is 2.97. The van der Waals surface area contributed by atoms with Gasteiger partial charge in [0.2, 0.25) is 5.89 Å². The van der Waals surface area contributed by atoms with Gasteiger partial charge in [-0.25, -0.2) is 9.37 Å². The molecule has 3 heterocycles. The molecule has 4 rings (SSSR count). The van der Waals surface area contributed by atoms with Gasteiger partial charge in [0.1, 0.15) is 23.7 Å². The van der Waals surface area contributed by atoms with Crippen LogP contribution in [0.2, 0.25) is 0 Å². The molecular weight excluding hydrogens is 431 g/mol. The second-order valence-electron chi connectivity index (χ2n) is 7.29. The van der Waals surface area contributed by atoms with Gasteiger partial charge in [0.25, 0.3) is 5.91 Å². The largest absolute Gasteiger partial charge is 0.417 e. The van der Waals surface area contributed by atoms with Gasteiger partial charge in [-0.15, -0.1) is 20.4 Å². The highest BCUT2D eigenvalue weighted by Gasteiger charge is 2.18. The highest BCUT2D eigenvalue weighted by Crippen LogP contribution is 2.21. The zero-order valence-corrected chi connectivity index (χ0v) is 17.9. The minimum atomic E-state index is -0.769. The van der Waals surface area contributed by atoms with Crippen LogP contribution in [0.25, 0.3) is 11.5 Å². The summed E-state index contributed by atoms with van der Waals surface area (Å²) in [7, 11) is 0. The molecule has 0 atom stereocenters. The van der Waals surface area contributed by atoms with Crippen LogP contribution in [0.15, 0.2) is 47.1 Å². The van der Waals surface area contributed by atoms with Crippen LogP contribution in [0.1, 0.15) is 46.8 Å². The Hall–Kier alpha value is -4.48. The monoisotopic (exact) mass is 450 g/mol. The summed E-state index contributed by atoms with van der Waals surface area (Å²) in [6.45, 7) is 5.50. The van der Waals surface area contributed by atoms with E-state index in [1.807, 2.05) is 18.4 Å². The number of hydrogen-bond acceptors (Lipinski definition) is 8. The number of carbonyl (C=O) groups excluding carboxylic acids is 2. The van der Waals surface area contributed by atoms with E-state index in [0.717, 1.165) is 6.07 Å². The van der Waals surface area contributed by atoms with Crippen molar-refractivity contribution in [2.45, 2.75) is 26.8 Å². The Kier molecular flexibility index (Phi) is 5.89. The van der Waals surface area contributed by atoms with Gasteiger partial charge >= 0.3 is 11.8 Å². The molecule has 0 bridgehead atoms. The van der Waals surface area contributed by atoms with Crippen LogP contribution < -0.4 is 10.6 Å². The molecule has 0 aliphatic heterocycles. The smallest absolute Gasteiger partial charge is 0.313 e. The molecule has 0 unspecified atom stereocenters. The summed E-state index contributed by atoms with van der Waals surface area (Å²) < 4.78 is 21.3. The quantitative estimate of drug-likeness (QED) is 0.456. The first-order valence-corrected chi connectivity index (χ1v) is 9.91. The summed E-state index contributed by atoms with van der Waals surface area (Å²) in [5.41, 5.74) is 0.386. The minimum absolute atomic E-state index is 0.109. The van der Waals surface area contributed by atoms with E-state index in [1.54, 1.807) is 31.5 Å². The van der Waals surface area contributed by atoms with Gasteiger partial charge in [-0.2, -0.15) is 0 Å². The van der Waals surface area contributed by atoms with E-state index in [4.69, 9.17) is 4.42 Å². The molecule has 3 aromatic heterocycles. The van der Waals surface area contributed by atoms with E-state index >= 15 is 0 Å². The van der Waals surface area contributed by atoms with Gasteiger partial charge < -0.3 is 19.6 Å². The topological polar surface area (TPSA) is 141 Å². The molecule has 0 radical (unpaired) electrons. The highest BCUT2D eigenvalue weighted by atomic mass is 19.1. The molecular formula is C21H19FN8O3. The first-order valence-electron chi connectivity index (χ1n) is 9.91. The Morgan fingerprint density at radius 1 is 1.06 bits per heavy atom. The van der Waals surface area contributed by atoms with Crippen molar-refractivity contribution in [2.75, 3.05) is 10.6 Å². The molecule has 0 saturated heterocycles. The summed E-state index contributed by atoms with van der Waals surface area (Å²) in [6.07, 6.45) is 1.59. The van der Waals surface area contributed by atoms with Gasteiger partial charge in [0.15, 0.2) is 5.82 Å². The number of nitrogens with one attached hydrogen (secondary N) is 2. The lowest BCUT2D eigenvalue weighted by atomic mass is 10.1. The number of rotatable bonds is 6. The van der Waals surface area contributed by atoms with Gasteiger partial charge in [0.05, 0.1) is 5.56 Å². The van der Waals surface area contributed by atoms with E-state index < -0.39 is 17.6 Å². The first-order chi connectivity index (χ1) is 15.8. The van der Waals surface area contributed by atoms with Crippen molar-refractivity contribution in [3.63, 3.8) is 0 Å². The first kappa shape index (κ1) is 21.7. The molecule has 2 N–H and O–H groups in total. The van der Waals surface area contributed by atoms with Gasteiger partial charge in [-0.1, -0.05) is 6.07 Å². The number of halogens is 1. The second-order valence-corrected chi connectivity index (χ2v) is 7.29. The molecule has 11 nitrogen and oxygen atoms in total. The van der Waals surface area contributed by atoms with E-state index in [1.165, 1.54) is 12.1 Å². The zero-order valence-electron chi connectivity index (χ0n) is 17.9. The normalized spacial score (nSPS) is 10.9. The third-order valence-electron chi connectivity index (χ3n) is 4.54. The Labute approximate surface area is 187 Å². The molecule has 0 fully saturated rings. The summed E-state index contributed by atoms with van der Waals surface area (Å²) in [5.74, 6) is -1.49. The summed E-state index contributed by atoms with van der Waals surface area (Å²) in [6, 6.07) is 8.68. The maximum Gasteiger partial charge on any atom is 0.313 e. The molecule has 0 spiro atoms. The Morgan fingerprint density at radius 3 is 2.61 bits per heavy atom. The van der Waals surface area contributed by atoms with E-state index in [2.05, 4.69) is 36.0 Å². The second kappa shape index (κ2) is 8.94.